The minimum atomic E-state index is -0.296. The summed E-state index contributed by atoms with van der Waals surface area (Å²) in [5.74, 6) is 1.30. The fourth-order valence-electron chi connectivity index (χ4n) is 3.34. The molecule has 0 saturated heterocycles. The van der Waals surface area contributed by atoms with E-state index in [0.717, 1.165) is 5.56 Å². The van der Waals surface area contributed by atoms with Gasteiger partial charge in [-0.1, -0.05) is 12.1 Å². The van der Waals surface area contributed by atoms with E-state index in [4.69, 9.17) is 14.2 Å². The van der Waals surface area contributed by atoms with Gasteiger partial charge in [-0.2, -0.15) is 0 Å². The van der Waals surface area contributed by atoms with E-state index in [1.807, 2.05) is 19.1 Å². The predicted molar refractivity (Wildman–Crippen MR) is 124 cm³/mol. The molecule has 1 amide bonds. The van der Waals surface area contributed by atoms with Crippen molar-refractivity contribution in [1.82, 2.24) is 9.38 Å². The Morgan fingerprint density at radius 1 is 0.970 bits per heavy atom. The summed E-state index contributed by atoms with van der Waals surface area (Å²) in [5.41, 5.74) is 2.78. The van der Waals surface area contributed by atoms with Crippen LogP contribution in [0.15, 0.2) is 71.7 Å². The van der Waals surface area contributed by atoms with Crippen molar-refractivity contribution in [1.29, 1.82) is 0 Å². The van der Waals surface area contributed by atoms with Gasteiger partial charge in [-0.05, 0) is 48.9 Å². The number of nitrogens with one attached hydrogen (secondary N) is 1. The SMILES string of the molecule is COc1ccc(C(=O)Nc2ccc(C)c(OCc3cc(=O)n4ccccc4n3)c2)cc1OC. The zero-order valence-electron chi connectivity index (χ0n) is 18.5. The maximum absolute atomic E-state index is 12.7. The minimum Gasteiger partial charge on any atom is -0.493 e. The molecule has 2 aromatic heterocycles. The monoisotopic (exact) mass is 445 g/mol. The number of methoxy groups -OCH3 is 2. The molecule has 0 aliphatic rings. The number of carbonyl (C=O) groups excluding carboxylic acids is 1. The standard InChI is InChI=1S/C25H23N3O5/c1-16-7-9-18(27-25(30)17-8-10-20(31-2)22(12-17)32-3)13-21(16)33-15-19-14-24(29)28-11-5-4-6-23(28)26-19/h4-14H,15H2,1-3H3,(H,27,30). The van der Waals surface area contributed by atoms with Crippen molar-refractivity contribution in [2.24, 2.45) is 0 Å². The lowest BCUT2D eigenvalue weighted by Gasteiger charge is -2.13. The number of aromatic nitrogens is 2. The van der Waals surface area contributed by atoms with E-state index in [9.17, 15) is 9.59 Å². The Morgan fingerprint density at radius 2 is 1.79 bits per heavy atom. The van der Waals surface area contributed by atoms with Gasteiger partial charge in [-0.25, -0.2) is 4.98 Å². The van der Waals surface area contributed by atoms with Gasteiger partial charge in [0.15, 0.2) is 11.5 Å². The van der Waals surface area contributed by atoms with Gasteiger partial charge in [-0.3, -0.25) is 14.0 Å². The van der Waals surface area contributed by atoms with E-state index in [0.29, 0.717) is 39.8 Å². The van der Waals surface area contributed by atoms with Gasteiger partial charge < -0.3 is 19.5 Å². The Bertz CT molecular complexity index is 1380. The molecule has 33 heavy (non-hydrogen) atoms. The molecule has 0 bridgehead atoms. The van der Waals surface area contributed by atoms with Crippen LogP contribution in [0.3, 0.4) is 0 Å². The molecule has 2 aromatic carbocycles. The second kappa shape index (κ2) is 9.44. The number of hydrogen-bond acceptors (Lipinski definition) is 6. The predicted octanol–water partition coefficient (Wildman–Crippen LogP) is 3.85. The van der Waals surface area contributed by atoms with Crippen molar-refractivity contribution in [3.8, 4) is 17.2 Å². The molecule has 0 spiro atoms. The van der Waals surface area contributed by atoms with Gasteiger partial charge in [0.05, 0.1) is 19.9 Å². The average Bonchev–Trinajstić information content (AvgIpc) is 2.83. The summed E-state index contributed by atoms with van der Waals surface area (Å²) >= 11 is 0. The molecule has 4 aromatic rings. The number of pyridine rings is 1. The smallest absolute Gasteiger partial charge is 0.258 e. The molecule has 0 atom stereocenters. The van der Waals surface area contributed by atoms with E-state index >= 15 is 0 Å². The molecule has 0 saturated carbocycles. The highest BCUT2D eigenvalue weighted by Gasteiger charge is 2.12. The summed E-state index contributed by atoms with van der Waals surface area (Å²) < 4.78 is 17.9. The summed E-state index contributed by atoms with van der Waals surface area (Å²) in [5, 5.41) is 2.86. The Kier molecular flexibility index (Phi) is 6.26. The zero-order chi connectivity index (χ0) is 23.4. The fourth-order valence-corrected chi connectivity index (χ4v) is 3.34. The van der Waals surface area contributed by atoms with Crippen LogP contribution in [0.25, 0.3) is 5.65 Å². The number of amides is 1. The molecular weight excluding hydrogens is 422 g/mol. The Labute approximate surface area is 190 Å². The maximum atomic E-state index is 12.7. The number of nitrogens with zero attached hydrogens (tertiary/aromatic N) is 2. The molecular formula is C25H23N3O5. The van der Waals surface area contributed by atoms with Crippen molar-refractivity contribution in [2.45, 2.75) is 13.5 Å². The summed E-state index contributed by atoms with van der Waals surface area (Å²) in [6, 6.07) is 17.1. The van der Waals surface area contributed by atoms with Crippen LogP contribution in [0.2, 0.25) is 0 Å². The molecule has 0 unspecified atom stereocenters. The highest BCUT2D eigenvalue weighted by atomic mass is 16.5. The highest BCUT2D eigenvalue weighted by molar-refractivity contribution is 6.04. The van der Waals surface area contributed by atoms with Crippen LogP contribution in [-0.4, -0.2) is 29.5 Å². The van der Waals surface area contributed by atoms with Gasteiger partial charge in [0, 0.05) is 29.6 Å². The average molecular weight is 445 g/mol. The number of carbonyl (C=O) groups is 1. The number of rotatable bonds is 7. The summed E-state index contributed by atoms with van der Waals surface area (Å²) in [7, 11) is 3.05. The molecule has 8 heteroatoms. The van der Waals surface area contributed by atoms with Crippen molar-refractivity contribution >= 4 is 17.2 Å². The van der Waals surface area contributed by atoms with Crippen molar-refractivity contribution in [2.75, 3.05) is 19.5 Å². The second-order valence-electron chi connectivity index (χ2n) is 7.31. The van der Waals surface area contributed by atoms with Crippen molar-refractivity contribution in [3.05, 3.63) is 94.0 Å². The first-order valence-corrected chi connectivity index (χ1v) is 10.2. The molecule has 168 valence electrons. The minimum absolute atomic E-state index is 0.120. The molecule has 8 nitrogen and oxygen atoms in total. The number of benzene rings is 2. The zero-order valence-corrected chi connectivity index (χ0v) is 18.5. The summed E-state index contributed by atoms with van der Waals surface area (Å²) in [4.78, 5) is 29.5. The fraction of sp³-hybridized carbons (Fsp3) is 0.160. The van der Waals surface area contributed by atoms with Gasteiger partial charge in [0.25, 0.3) is 11.5 Å². The van der Waals surface area contributed by atoms with Crippen LogP contribution in [0.1, 0.15) is 21.6 Å². The van der Waals surface area contributed by atoms with Crippen molar-refractivity contribution < 1.29 is 19.0 Å². The van der Waals surface area contributed by atoms with E-state index in [2.05, 4.69) is 10.3 Å². The lowest BCUT2D eigenvalue weighted by Crippen LogP contribution is -2.16. The highest BCUT2D eigenvalue weighted by Crippen LogP contribution is 2.28. The molecule has 0 fully saturated rings. The Morgan fingerprint density at radius 3 is 2.58 bits per heavy atom. The van der Waals surface area contributed by atoms with Crippen molar-refractivity contribution in [3.63, 3.8) is 0 Å². The Balaban J connectivity index is 1.50. The Hall–Kier alpha value is -4.33. The van der Waals surface area contributed by atoms with Gasteiger partial charge in [0.1, 0.15) is 18.0 Å². The third-order valence-electron chi connectivity index (χ3n) is 5.09. The normalized spacial score (nSPS) is 10.6. The number of ether oxygens (including phenoxy) is 3. The molecule has 1 N–H and O–H groups in total. The first kappa shape index (κ1) is 21.9. The van der Waals surface area contributed by atoms with E-state index in [-0.39, 0.29) is 18.1 Å². The van der Waals surface area contributed by atoms with Crippen LogP contribution in [0.4, 0.5) is 5.69 Å². The largest absolute Gasteiger partial charge is 0.493 e. The van der Waals surface area contributed by atoms with E-state index in [1.165, 1.54) is 24.7 Å². The first-order chi connectivity index (χ1) is 16.0. The van der Waals surface area contributed by atoms with E-state index in [1.54, 1.807) is 48.7 Å². The number of anilines is 1. The third kappa shape index (κ3) is 4.79. The molecule has 0 aliphatic heterocycles. The van der Waals surface area contributed by atoms with Crippen LogP contribution in [0.5, 0.6) is 17.2 Å². The second-order valence-corrected chi connectivity index (χ2v) is 7.31. The molecule has 2 heterocycles. The van der Waals surface area contributed by atoms with Crippen LogP contribution < -0.4 is 25.1 Å². The lowest BCUT2D eigenvalue weighted by atomic mass is 10.1. The van der Waals surface area contributed by atoms with Crippen LogP contribution >= 0.6 is 0 Å². The first-order valence-electron chi connectivity index (χ1n) is 10.2. The number of aryl methyl sites for hydroxylation is 1. The third-order valence-corrected chi connectivity index (χ3v) is 5.09. The number of hydrogen-bond donors (Lipinski definition) is 1. The summed E-state index contributed by atoms with van der Waals surface area (Å²) in [6.07, 6.45) is 1.67. The quantitative estimate of drug-likeness (QED) is 0.465. The van der Waals surface area contributed by atoms with Crippen LogP contribution in [0, 0.1) is 6.92 Å². The van der Waals surface area contributed by atoms with Gasteiger partial charge >= 0.3 is 0 Å². The summed E-state index contributed by atoms with van der Waals surface area (Å²) in [6.45, 7) is 2.02. The maximum Gasteiger partial charge on any atom is 0.258 e. The van der Waals surface area contributed by atoms with Gasteiger partial charge in [0.2, 0.25) is 0 Å². The molecule has 4 rings (SSSR count). The lowest BCUT2D eigenvalue weighted by molar-refractivity contribution is 0.102. The topological polar surface area (TPSA) is 91.2 Å². The number of fused-ring (bicyclic) bond motifs is 1. The van der Waals surface area contributed by atoms with Gasteiger partial charge in [-0.15, -0.1) is 0 Å². The molecule has 0 aliphatic carbocycles. The molecule has 0 radical (unpaired) electrons. The van der Waals surface area contributed by atoms with Crippen LogP contribution in [-0.2, 0) is 6.61 Å². The van der Waals surface area contributed by atoms with E-state index < -0.39 is 0 Å².